The van der Waals surface area contributed by atoms with E-state index in [1.54, 1.807) is 0 Å². The van der Waals surface area contributed by atoms with Crippen LogP contribution in [0.1, 0.15) is 10.4 Å². The molecule has 0 unspecified atom stereocenters. The number of carboxylic acids is 1. The number of carbonyl (C=O) groups is 1. The van der Waals surface area contributed by atoms with E-state index in [-0.39, 0.29) is 5.56 Å². The predicted octanol–water partition coefficient (Wildman–Crippen LogP) is 2.38. The smallest absolute Gasteiger partial charge is 0.339 e. The Balaban J connectivity index is 2.59. The second kappa shape index (κ2) is 4.01. The van der Waals surface area contributed by atoms with Crippen LogP contribution in [0.25, 0.3) is 11.3 Å². The van der Waals surface area contributed by atoms with Gasteiger partial charge in [0, 0.05) is 9.13 Å². The molecule has 2 rings (SSSR count). The van der Waals surface area contributed by atoms with Gasteiger partial charge < -0.3 is 5.11 Å². The van der Waals surface area contributed by atoms with Crippen LogP contribution >= 0.6 is 22.6 Å². The van der Waals surface area contributed by atoms with Gasteiger partial charge in [0.1, 0.15) is 5.56 Å². The molecule has 0 atom stereocenters. The Labute approximate surface area is 99.5 Å². The van der Waals surface area contributed by atoms with Crippen molar-refractivity contribution in [2.24, 2.45) is 0 Å². The lowest BCUT2D eigenvalue weighted by atomic mass is 10.1. The van der Waals surface area contributed by atoms with E-state index in [1.807, 2.05) is 24.3 Å². The summed E-state index contributed by atoms with van der Waals surface area (Å²) in [6, 6.07) is 7.55. The Hall–Kier alpha value is -1.37. The molecule has 0 aliphatic carbocycles. The van der Waals surface area contributed by atoms with Gasteiger partial charge in [0.15, 0.2) is 0 Å². The third-order valence-electron chi connectivity index (χ3n) is 2.01. The van der Waals surface area contributed by atoms with Crippen LogP contribution in [0.5, 0.6) is 0 Å². The van der Waals surface area contributed by atoms with Gasteiger partial charge in [-0.3, -0.25) is 5.10 Å². The van der Waals surface area contributed by atoms with Gasteiger partial charge in [-0.05, 0) is 28.7 Å². The minimum atomic E-state index is -0.974. The van der Waals surface area contributed by atoms with E-state index in [0.29, 0.717) is 5.69 Å². The van der Waals surface area contributed by atoms with Crippen molar-refractivity contribution in [3.63, 3.8) is 0 Å². The average Bonchev–Trinajstić information content (AvgIpc) is 2.67. The fourth-order valence-corrected chi connectivity index (χ4v) is 1.97. The summed E-state index contributed by atoms with van der Waals surface area (Å²) in [7, 11) is 0. The Morgan fingerprint density at radius 3 is 2.80 bits per heavy atom. The number of nitrogens with zero attached hydrogens (tertiary/aromatic N) is 1. The van der Waals surface area contributed by atoms with Gasteiger partial charge in [-0.25, -0.2) is 4.79 Å². The van der Waals surface area contributed by atoms with Crippen molar-refractivity contribution < 1.29 is 9.90 Å². The van der Waals surface area contributed by atoms with E-state index in [4.69, 9.17) is 5.11 Å². The zero-order chi connectivity index (χ0) is 10.8. The number of aromatic carboxylic acids is 1. The predicted molar refractivity (Wildman–Crippen MR) is 63.7 cm³/mol. The number of aromatic nitrogens is 2. The first kappa shape index (κ1) is 10.2. The third-order valence-corrected chi connectivity index (χ3v) is 2.95. The fraction of sp³-hybridized carbons (Fsp3) is 0. The SMILES string of the molecule is O=C(O)c1cn[nH]c1-c1ccccc1I. The molecule has 0 saturated carbocycles. The number of halogens is 1. The molecule has 0 spiro atoms. The van der Waals surface area contributed by atoms with Gasteiger partial charge in [0.25, 0.3) is 0 Å². The van der Waals surface area contributed by atoms with E-state index >= 15 is 0 Å². The summed E-state index contributed by atoms with van der Waals surface area (Å²) < 4.78 is 0.988. The zero-order valence-electron chi connectivity index (χ0n) is 7.57. The quantitative estimate of drug-likeness (QED) is 0.837. The van der Waals surface area contributed by atoms with Crippen molar-refractivity contribution in [1.82, 2.24) is 10.2 Å². The van der Waals surface area contributed by atoms with Crippen LogP contribution in [-0.4, -0.2) is 21.3 Å². The third kappa shape index (κ3) is 1.87. The van der Waals surface area contributed by atoms with Gasteiger partial charge >= 0.3 is 5.97 Å². The van der Waals surface area contributed by atoms with Crippen molar-refractivity contribution in [2.45, 2.75) is 0 Å². The molecule has 0 bridgehead atoms. The van der Waals surface area contributed by atoms with Gasteiger partial charge in [-0.15, -0.1) is 0 Å². The second-order valence-electron chi connectivity index (χ2n) is 2.94. The largest absolute Gasteiger partial charge is 0.478 e. The first-order valence-electron chi connectivity index (χ1n) is 4.21. The molecule has 76 valence electrons. The summed E-state index contributed by atoms with van der Waals surface area (Å²) in [5.74, 6) is -0.974. The maximum atomic E-state index is 10.9. The second-order valence-corrected chi connectivity index (χ2v) is 4.11. The van der Waals surface area contributed by atoms with Gasteiger partial charge in [0.2, 0.25) is 0 Å². The Morgan fingerprint density at radius 2 is 2.13 bits per heavy atom. The number of H-pyrrole nitrogens is 1. The topological polar surface area (TPSA) is 66.0 Å². The molecular formula is C10H7IN2O2. The Bertz CT molecular complexity index is 508. The molecule has 0 aliphatic heterocycles. The molecule has 15 heavy (non-hydrogen) atoms. The molecule has 0 radical (unpaired) electrons. The number of carboxylic acid groups (broad SMARTS) is 1. The lowest BCUT2D eigenvalue weighted by Crippen LogP contribution is -1.97. The highest BCUT2D eigenvalue weighted by molar-refractivity contribution is 14.1. The average molecular weight is 314 g/mol. The van der Waals surface area contributed by atoms with Crippen molar-refractivity contribution in [2.75, 3.05) is 0 Å². The molecule has 0 aliphatic rings. The monoisotopic (exact) mass is 314 g/mol. The summed E-state index contributed by atoms with van der Waals surface area (Å²) in [4.78, 5) is 10.9. The van der Waals surface area contributed by atoms with Crippen LogP contribution in [0.3, 0.4) is 0 Å². The van der Waals surface area contributed by atoms with Crippen LogP contribution in [0.4, 0.5) is 0 Å². The molecule has 1 aromatic heterocycles. The van der Waals surface area contributed by atoms with E-state index in [0.717, 1.165) is 9.13 Å². The molecule has 0 amide bonds. The fourth-order valence-electron chi connectivity index (χ4n) is 1.32. The zero-order valence-corrected chi connectivity index (χ0v) is 9.72. The summed E-state index contributed by atoms with van der Waals surface area (Å²) >= 11 is 2.16. The highest BCUT2D eigenvalue weighted by atomic mass is 127. The number of nitrogens with one attached hydrogen (secondary N) is 1. The molecule has 0 saturated heterocycles. The normalized spacial score (nSPS) is 10.2. The summed E-state index contributed by atoms with van der Waals surface area (Å²) in [5.41, 5.74) is 1.60. The molecule has 2 N–H and O–H groups in total. The van der Waals surface area contributed by atoms with Crippen LogP contribution < -0.4 is 0 Å². The highest BCUT2D eigenvalue weighted by Gasteiger charge is 2.15. The summed E-state index contributed by atoms with van der Waals surface area (Å²) in [6.45, 7) is 0. The minimum Gasteiger partial charge on any atom is -0.478 e. The number of benzene rings is 1. The first-order chi connectivity index (χ1) is 7.20. The van der Waals surface area contributed by atoms with Crippen molar-refractivity contribution in [3.05, 3.63) is 39.6 Å². The number of aromatic amines is 1. The van der Waals surface area contributed by atoms with Crippen LogP contribution in [0.2, 0.25) is 0 Å². The van der Waals surface area contributed by atoms with E-state index in [1.165, 1.54) is 6.20 Å². The molecule has 4 nitrogen and oxygen atoms in total. The molecule has 0 fully saturated rings. The molecule has 1 aromatic carbocycles. The maximum Gasteiger partial charge on any atom is 0.339 e. The lowest BCUT2D eigenvalue weighted by molar-refractivity contribution is 0.0698. The lowest BCUT2D eigenvalue weighted by Gasteiger charge is -2.02. The summed E-state index contributed by atoms with van der Waals surface area (Å²) in [5, 5.41) is 15.4. The van der Waals surface area contributed by atoms with E-state index in [2.05, 4.69) is 32.8 Å². The van der Waals surface area contributed by atoms with Gasteiger partial charge in [-0.1, -0.05) is 18.2 Å². The van der Waals surface area contributed by atoms with E-state index < -0.39 is 5.97 Å². The Morgan fingerprint density at radius 1 is 1.40 bits per heavy atom. The van der Waals surface area contributed by atoms with Crippen LogP contribution in [0.15, 0.2) is 30.5 Å². The van der Waals surface area contributed by atoms with Gasteiger partial charge in [0.05, 0.1) is 11.9 Å². The minimum absolute atomic E-state index is 0.194. The molecular weight excluding hydrogens is 307 g/mol. The molecule has 1 heterocycles. The molecule has 5 heteroatoms. The maximum absolute atomic E-state index is 10.9. The number of hydrogen-bond acceptors (Lipinski definition) is 2. The Kier molecular flexibility index (Phi) is 2.72. The van der Waals surface area contributed by atoms with Crippen LogP contribution in [-0.2, 0) is 0 Å². The standard InChI is InChI=1S/C10H7IN2O2/c11-8-4-2-1-3-6(8)9-7(10(14)15)5-12-13-9/h1-5H,(H,12,13)(H,14,15). The number of hydrogen-bond donors (Lipinski definition) is 2. The van der Waals surface area contributed by atoms with E-state index in [9.17, 15) is 4.79 Å². The van der Waals surface area contributed by atoms with Crippen LogP contribution in [0, 0.1) is 3.57 Å². The first-order valence-corrected chi connectivity index (χ1v) is 5.29. The van der Waals surface area contributed by atoms with Crippen molar-refractivity contribution >= 4 is 28.6 Å². The number of rotatable bonds is 2. The van der Waals surface area contributed by atoms with Gasteiger partial charge in [-0.2, -0.15) is 5.10 Å². The summed E-state index contributed by atoms with van der Waals surface area (Å²) in [6.07, 6.45) is 1.32. The molecule has 2 aromatic rings. The highest BCUT2D eigenvalue weighted by Crippen LogP contribution is 2.25. The van der Waals surface area contributed by atoms with Crippen molar-refractivity contribution in [1.29, 1.82) is 0 Å². The van der Waals surface area contributed by atoms with Crippen molar-refractivity contribution in [3.8, 4) is 11.3 Å².